The molecule has 1 aliphatic heterocycles. The highest BCUT2D eigenvalue weighted by molar-refractivity contribution is 7.92. The first-order valence-electron chi connectivity index (χ1n) is 13.8. The fraction of sp³-hybridized carbons (Fsp3) is 0.483. The van der Waals surface area contributed by atoms with Crippen LogP contribution >= 0.6 is 0 Å². The molecule has 3 heterocycles. The van der Waals surface area contributed by atoms with E-state index in [4.69, 9.17) is 9.15 Å². The number of benzene rings is 1. The van der Waals surface area contributed by atoms with Crippen LogP contribution in [0.15, 0.2) is 34.7 Å². The van der Waals surface area contributed by atoms with Crippen molar-refractivity contribution in [3.63, 3.8) is 0 Å². The number of aromatic nitrogens is 1. The highest BCUT2D eigenvalue weighted by Crippen LogP contribution is 2.36. The Morgan fingerprint density at radius 3 is 2.33 bits per heavy atom. The average molecular weight is 604 g/mol. The van der Waals surface area contributed by atoms with Gasteiger partial charge >= 0.3 is 6.09 Å². The fourth-order valence-corrected chi connectivity index (χ4v) is 5.71. The lowest BCUT2D eigenvalue weighted by Crippen LogP contribution is -2.51. The van der Waals surface area contributed by atoms with Gasteiger partial charge in [-0.25, -0.2) is 17.6 Å². The molecular formula is C29H38FN5O6S. The highest BCUT2D eigenvalue weighted by atomic mass is 32.2. The lowest BCUT2D eigenvalue weighted by molar-refractivity contribution is 0.0148. The average Bonchev–Trinajstić information content (AvgIpc) is 3.29. The minimum Gasteiger partial charge on any atom is -0.444 e. The number of carbonyl (C=O) groups excluding carboxylic acids is 2. The number of nitrogens with zero attached hydrogens (tertiary/aromatic N) is 4. The molecule has 2 aromatic heterocycles. The predicted octanol–water partition coefficient (Wildman–Crippen LogP) is 3.87. The molecule has 13 heteroatoms. The van der Waals surface area contributed by atoms with Crippen LogP contribution in [-0.2, 0) is 21.2 Å². The number of amides is 2. The van der Waals surface area contributed by atoms with Gasteiger partial charge in [-0.1, -0.05) is 6.92 Å². The van der Waals surface area contributed by atoms with E-state index >= 15 is 0 Å². The Morgan fingerprint density at radius 1 is 1.14 bits per heavy atom. The van der Waals surface area contributed by atoms with E-state index in [1.54, 1.807) is 11.0 Å². The molecule has 0 unspecified atom stereocenters. The summed E-state index contributed by atoms with van der Waals surface area (Å²) < 4.78 is 52.4. The van der Waals surface area contributed by atoms with E-state index in [0.29, 0.717) is 55.7 Å². The number of anilines is 1. The smallest absolute Gasteiger partial charge is 0.410 e. The maximum atomic E-state index is 13.6. The first kappa shape index (κ1) is 31.2. The lowest BCUT2D eigenvalue weighted by Gasteiger charge is -2.36. The number of pyridine rings is 1. The number of piperazine rings is 1. The first-order valence-corrected chi connectivity index (χ1v) is 15.7. The standard InChI is InChI=1S/C29H38FN5O6S/c1-7-19-18-22-23(26(36)31-5)24(20-8-10-21(30)11-9-20)40-27(22)32-25(19)35(42(6,38)39)17-14-33-12-15-34(16-13-33)28(37)41-29(2,3)4/h8-11,18H,7,12-17H2,1-6H3,(H,31,36). The van der Waals surface area contributed by atoms with Crippen LogP contribution in [0.2, 0.25) is 0 Å². The molecule has 11 nitrogen and oxygen atoms in total. The number of nitrogens with one attached hydrogen (secondary N) is 1. The van der Waals surface area contributed by atoms with Gasteiger partial charge in [0.2, 0.25) is 15.7 Å². The topological polar surface area (TPSA) is 125 Å². The Morgan fingerprint density at radius 2 is 1.79 bits per heavy atom. The molecule has 228 valence electrons. The second-order valence-electron chi connectivity index (χ2n) is 11.2. The van der Waals surface area contributed by atoms with E-state index in [1.807, 2.05) is 27.7 Å². The quantitative estimate of drug-likeness (QED) is 0.411. The van der Waals surface area contributed by atoms with Gasteiger partial charge in [0.25, 0.3) is 5.91 Å². The number of carbonyl (C=O) groups is 2. The minimum absolute atomic E-state index is 0.0970. The summed E-state index contributed by atoms with van der Waals surface area (Å²) in [6, 6.07) is 7.28. The SMILES string of the molecule is CCc1cc2c(C(=O)NC)c(-c3ccc(F)cc3)oc2nc1N(CCN1CCN(C(=O)OC(C)(C)C)CC1)S(C)(=O)=O. The molecule has 42 heavy (non-hydrogen) atoms. The molecule has 1 fully saturated rings. The zero-order chi connectivity index (χ0) is 30.8. The molecule has 0 atom stereocenters. The molecule has 3 aromatic rings. The second-order valence-corrected chi connectivity index (χ2v) is 13.1. The zero-order valence-electron chi connectivity index (χ0n) is 24.9. The van der Waals surface area contributed by atoms with Crippen LogP contribution in [0.1, 0.15) is 43.6 Å². The number of furan rings is 1. The van der Waals surface area contributed by atoms with E-state index in [2.05, 4.69) is 15.2 Å². The predicted molar refractivity (Wildman–Crippen MR) is 159 cm³/mol. The van der Waals surface area contributed by atoms with Crippen molar-refractivity contribution in [1.82, 2.24) is 20.1 Å². The van der Waals surface area contributed by atoms with Crippen LogP contribution < -0.4 is 9.62 Å². The molecule has 1 aliphatic rings. The summed E-state index contributed by atoms with van der Waals surface area (Å²) in [5.74, 6) is -0.400. The summed E-state index contributed by atoms with van der Waals surface area (Å²) in [6.07, 6.45) is 1.21. The van der Waals surface area contributed by atoms with E-state index in [1.165, 1.54) is 35.6 Å². The summed E-state index contributed by atoms with van der Waals surface area (Å²) in [6.45, 7) is 9.97. The molecule has 0 spiro atoms. The third kappa shape index (κ3) is 7.01. The highest BCUT2D eigenvalue weighted by Gasteiger charge is 2.30. The Balaban J connectivity index is 1.62. The monoisotopic (exact) mass is 603 g/mol. The van der Waals surface area contributed by atoms with Gasteiger partial charge in [0.1, 0.15) is 23.0 Å². The van der Waals surface area contributed by atoms with Crippen LogP contribution in [0, 0.1) is 5.82 Å². The third-order valence-electron chi connectivity index (χ3n) is 6.96. The fourth-order valence-electron chi connectivity index (χ4n) is 4.83. The molecule has 4 rings (SSSR count). The van der Waals surface area contributed by atoms with Crippen molar-refractivity contribution < 1.29 is 31.6 Å². The molecule has 0 saturated carbocycles. The Bertz CT molecular complexity index is 1560. The number of aryl methyl sites for hydroxylation is 1. The molecule has 2 amide bonds. The molecule has 1 aromatic carbocycles. The van der Waals surface area contributed by atoms with Crippen molar-refractivity contribution in [2.24, 2.45) is 0 Å². The number of hydrogen-bond acceptors (Lipinski definition) is 8. The summed E-state index contributed by atoms with van der Waals surface area (Å²) in [4.78, 5) is 33.7. The Kier molecular flexibility index (Phi) is 9.12. The van der Waals surface area contributed by atoms with Crippen LogP contribution in [0.4, 0.5) is 15.0 Å². The Hall–Kier alpha value is -3.71. The van der Waals surface area contributed by atoms with Crippen LogP contribution in [0.3, 0.4) is 0 Å². The van der Waals surface area contributed by atoms with Crippen molar-refractivity contribution in [3.05, 3.63) is 47.3 Å². The van der Waals surface area contributed by atoms with Gasteiger partial charge in [-0.3, -0.25) is 14.0 Å². The number of fused-ring (bicyclic) bond motifs is 1. The summed E-state index contributed by atoms with van der Waals surface area (Å²) >= 11 is 0. The van der Waals surface area contributed by atoms with Gasteiger partial charge in [0.05, 0.1) is 17.2 Å². The number of hydrogen-bond donors (Lipinski definition) is 1. The maximum Gasteiger partial charge on any atom is 0.410 e. The van der Waals surface area contributed by atoms with Gasteiger partial charge in [-0.2, -0.15) is 4.98 Å². The van der Waals surface area contributed by atoms with Gasteiger partial charge < -0.3 is 19.4 Å². The molecular weight excluding hydrogens is 565 g/mol. The number of ether oxygens (including phenoxy) is 1. The van der Waals surface area contributed by atoms with Crippen LogP contribution in [0.5, 0.6) is 0 Å². The van der Waals surface area contributed by atoms with Crippen molar-refractivity contribution in [2.45, 2.75) is 39.7 Å². The lowest BCUT2D eigenvalue weighted by atomic mass is 10.0. The van der Waals surface area contributed by atoms with Gasteiger partial charge in [0.15, 0.2) is 0 Å². The zero-order valence-corrected chi connectivity index (χ0v) is 25.7. The number of rotatable bonds is 8. The van der Waals surface area contributed by atoms with E-state index < -0.39 is 27.3 Å². The normalized spacial score (nSPS) is 14.7. The molecule has 0 bridgehead atoms. The number of halogens is 1. The van der Waals surface area contributed by atoms with E-state index in [0.717, 1.165) is 6.26 Å². The largest absolute Gasteiger partial charge is 0.444 e. The van der Waals surface area contributed by atoms with E-state index in [9.17, 15) is 22.4 Å². The summed E-state index contributed by atoms with van der Waals surface area (Å²) in [5.41, 5.74) is 0.864. The van der Waals surface area contributed by atoms with Crippen LogP contribution in [0.25, 0.3) is 22.4 Å². The van der Waals surface area contributed by atoms with Gasteiger partial charge in [-0.05, 0) is 63.1 Å². The van der Waals surface area contributed by atoms with Crippen LogP contribution in [-0.4, -0.2) is 93.4 Å². The first-order chi connectivity index (χ1) is 19.7. The second kappa shape index (κ2) is 12.3. The number of sulfonamides is 1. The maximum absolute atomic E-state index is 13.6. The van der Waals surface area contributed by atoms with Crippen molar-refractivity contribution in [3.8, 4) is 11.3 Å². The summed E-state index contributed by atoms with van der Waals surface area (Å²) in [7, 11) is -2.25. The van der Waals surface area contributed by atoms with Gasteiger partial charge in [-0.15, -0.1) is 0 Å². The minimum atomic E-state index is -3.75. The summed E-state index contributed by atoms with van der Waals surface area (Å²) in [5, 5.41) is 3.04. The third-order valence-corrected chi connectivity index (χ3v) is 8.12. The molecule has 1 saturated heterocycles. The van der Waals surface area contributed by atoms with Gasteiger partial charge in [0, 0.05) is 51.9 Å². The molecule has 0 aliphatic carbocycles. The molecule has 1 N–H and O–H groups in total. The Labute approximate surface area is 245 Å². The van der Waals surface area contributed by atoms with E-state index in [-0.39, 0.29) is 35.5 Å². The molecule has 0 radical (unpaired) electrons. The van der Waals surface area contributed by atoms with Crippen molar-refractivity contribution in [1.29, 1.82) is 0 Å². The van der Waals surface area contributed by atoms with Crippen molar-refractivity contribution in [2.75, 3.05) is 56.9 Å². The van der Waals surface area contributed by atoms with Crippen molar-refractivity contribution >= 4 is 38.9 Å².